The number of unbranched alkanes of at least 4 members (excludes halogenated alkanes) is 7. The summed E-state index contributed by atoms with van der Waals surface area (Å²) in [7, 11) is 0. The molecule has 0 radical (unpaired) electrons. The van der Waals surface area contributed by atoms with Crippen LogP contribution >= 0.6 is 12.2 Å². The first-order valence-corrected chi connectivity index (χ1v) is 8.15. The Morgan fingerprint density at radius 1 is 1.15 bits per heavy atom. The molecule has 0 aliphatic rings. The second kappa shape index (κ2) is 10.6. The number of pyridine rings is 1. The molecule has 0 unspecified atom stereocenters. The molecule has 0 saturated carbocycles. The van der Waals surface area contributed by atoms with Gasteiger partial charge >= 0.3 is 0 Å². The lowest BCUT2D eigenvalue weighted by Gasteiger charge is -2.09. The van der Waals surface area contributed by atoms with Crippen molar-refractivity contribution < 1.29 is 0 Å². The van der Waals surface area contributed by atoms with Gasteiger partial charge < -0.3 is 11.1 Å². The van der Waals surface area contributed by atoms with E-state index in [2.05, 4.69) is 17.2 Å². The Balaban J connectivity index is 2.11. The van der Waals surface area contributed by atoms with Crippen molar-refractivity contribution in [3.8, 4) is 0 Å². The Kier molecular flexibility index (Phi) is 8.96. The molecule has 0 aliphatic carbocycles. The molecule has 4 heteroatoms. The van der Waals surface area contributed by atoms with Crippen molar-refractivity contribution in [3.05, 3.63) is 24.0 Å². The van der Waals surface area contributed by atoms with Crippen LogP contribution < -0.4 is 11.1 Å². The fraction of sp³-hybridized carbons (Fsp3) is 0.625. The van der Waals surface area contributed by atoms with E-state index in [0.717, 1.165) is 12.2 Å². The number of nitrogens with two attached hydrogens (primary N) is 1. The molecule has 1 aromatic heterocycles. The minimum atomic E-state index is 0.351. The van der Waals surface area contributed by atoms with Gasteiger partial charge in [0.05, 0.1) is 5.69 Å². The van der Waals surface area contributed by atoms with E-state index >= 15 is 0 Å². The van der Waals surface area contributed by atoms with E-state index in [1.54, 1.807) is 6.20 Å². The van der Waals surface area contributed by atoms with Gasteiger partial charge in [-0.25, -0.2) is 0 Å². The van der Waals surface area contributed by atoms with Crippen LogP contribution in [0, 0.1) is 0 Å². The summed E-state index contributed by atoms with van der Waals surface area (Å²) in [5.74, 6) is 0. The average Bonchev–Trinajstić information content (AvgIpc) is 2.46. The van der Waals surface area contributed by atoms with Crippen LogP contribution in [0.3, 0.4) is 0 Å². The average molecular weight is 293 g/mol. The quantitative estimate of drug-likeness (QED) is 0.472. The zero-order valence-electron chi connectivity index (χ0n) is 12.5. The fourth-order valence-corrected chi connectivity index (χ4v) is 2.39. The van der Waals surface area contributed by atoms with Crippen molar-refractivity contribution in [2.75, 3.05) is 11.9 Å². The van der Waals surface area contributed by atoms with Gasteiger partial charge in [-0.05, 0) is 18.6 Å². The summed E-state index contributed by atoms with van der Waals surface area (Å²) in [4.78, 5) is 4.56. The van der Waals surface area contributed by atoms with E-state index in [1.165, 1.54) is 51.4 Å². The first kappa shape index (κ1) is 16.9. The summed E-state index contributed by atoms with van der Waals surface area (Å²) in [6.45, 7) is 3.21. The second-order valence-corrected chi connectivity index (χ2v) is 5.61. The van der Waals surface area contributed by atoms with Crippen LogP contribution in [0.5, 0.6) is 0 Å². The maximum absolute atomic E-state index is 5.65. The lowest BCUT2D eigenvalue weighted by atomic mass is 10.1. The van der Waals surface area contributed by atoms with Crippen molar-refractivity contribution in [2.45, 2.75) is 58.3 Å². The highest BCUT2D eigenvalue weighted by Crippen LogP contribution is 2.13. The van der Waals surface area contributed by atoms with Crippen molar-refractivity contribution in [3.63, 3.8) is 0 Å². The molecule has 0 saturated heterocycles. The van der Waals surface area contributed by atoms with Gasteiger partial charge in [0.25, 0.3) is 0 Å². The van der Waals surface area contributed by atoms with Crippen molar-refractivity contribution in [1.82, 2.24) is 4.98 Å². The smallest absolute Gasteiger partial charge is 0.124 e. The van der Waals surface area contributed by atoms with Crippen molar-refractivity contribution >= 4 is 22.9 Å². The number of anilines is 1. The summed E-state index contributed by atoms with van der Waals surface area (Å²) in [6.07, 6.45) is 12.4. The molecule has 0 fully saturated rings. The van der Waals surface area contributed by atoms with E-state index in [-0.39, 0.29) is 0 Å². The molecule has 1 aromatic rings. The maximum Gasteiger partial charge on any atom is 0.124 e. The molecule has 0 bridgehead atoms. The van der Waals surface area contributed by atoms with E-state index in [0.29, 0.717) is 10.7 Å². The third-order valence-electron chi connectivity index (χ3n) is 3.39. The van der Waals surface area contributed by atoms with Gasteiger partial charge in [-0.3, -0.25) is 4.98 Å². The molecule has 0 atom stereocenters. The zero-order valence-corrected chi connectivity index (χ0v) is 13.3. The Bertz CT molecular complexity index is 393. The van der Waals surface area contributed by atoms with Gasteiger partial charge in [0, 0.05) is 12.7 Å². The van der Waals surface area contributed by atoms with E-state index in [4.69, 9.17) is 18.0 Å². The molecular formula is C16H27N3S. The number of nitrogens with one attached hydrogen (secondary N) is 1. The summed E-state index contributed by atoms with van der Waals surface area (Å²) in [5, 5.41) is 3.38. The molecule has 3 nitrogen and oxygen atoms in total. The minimum Gasteiger partial charge on any atom is -0.388 e. The van der Waals surface area contributed by atoms with Crippen LogP contribution in [0.25, 0.3) is 0 Å². The highest BCUT2D eigenvalue weighted by atomic mass is 32.1. The Hall–Kier alpha value is -1.16. The third-order valence-corrected chi connectivity index (χ3v) is 3.58. The Morgan fingerprint density at radius 2 is 1.80 bits per heavy atom. The summed E-state index contributed by atoms with van der Waals surface area (Å²) < 4.78 is 0. The molecular weight excluding hydrogens is 266 g/mol. The topological polar surface area (TPSA) is 50.9 Å². The monoisotopic (exact) mass is 293 g/mol. The lowest BCUT2D eigenvalue weighted by molar-refractivity contribution is 0.581. The zero-order chi connectivity index (χ0) is 14.6. The first-order chi connectivity index (χ1) is 9.75. The number of hydrogen-bond donors (Lipinski definition) is 2. The van der Waals surface area contributed by atoms with E-state index < -0.39 is 0 Å². The molecule has 1 rings (SSSR count). The van der Waals surface area contributed by atoms with Gasteiger partial charge in [0.1, 0.15) is 10.7 Å². The first-order valence-electron chi connectivity index (χ1n) is 7.74. The molecule has 3 N–H and O–H groups in total. The highest BCUT2D eigenvalue weighted by Gasteiger charge is 2.04. The van der Waals surface area contributed by atoms with Crippen molar-refractivity contribution in [1.29, 1.82) is 0 Å². The van der Waals surface area contributed by atoms with E-state index in [9.17, 15) is 0 Å². The molecule has 0 aromatic carbocycles. The number of thiocarbonyl (C=S) groups is 1. The highest BCUT2D eigenvalue weighted by molar-refractivity contribution is 7.80. The summed E-state index contributed by atoms with van der Waals surface area (Å²) in [5.41, 5.74) is 7.30. The van der Waals surface area contributed by atoms with Crippen LogP contribution in [0.4, 0.5) is 5.69 Å². The standard InChI is InChI=1S/C16H27N3S/c1-2-3-4-5-6-7-8-9-12-18-14-11-10-13-19-15(14)16(17)20/h10-11,13,18H,2-9,12H2,1H3,(H2,17,20). The summed E-state index contributed by atoms with van der Waals surface area (Å²) in [6, 6.07) is 3.88. The van der Waals surface area contributed by atoms with Crippen LogP contribution in [0.2, 0.25) is 0 Å². The lowest BCUT2D eigenvalue weighted by Crippen LogP contribution is -2.15. The maximum atomic E-state index is 5.65. The molecule has 0 spiro atoms. The second-order valence-electron chi connectivity index (χ2n) is 5.17. The molecule has 112 valence electrons. The predicted molar refractivity (Wildman–Crippen MR) is 91.2 cm³/mol. The molecule has 20 heavy (non-hydrogen) atoms. The van der Waals surface area contributed by atoms with Crippen LogP contribution in [0.15, 0.2) is 18.3 Å². The van der Waals surface area contributed by atoms with Crippen molar-refractivity contribution in [2.24, 2.45) is 5.73 Å². The largest absolute Gasteiger partial charge is 0.388 e. The van der Waals surface area contributed by atoms with Gasteiger partial charge in [-0.15, -0.1) is 0 Å². The number of nitrogens with zero attached hydrogens (tertiary/aromatic N) is 1. The van der Waals surface area contributed by atoms with E-state index in [1.807, 2.05) is 12.1 Å². The number of aromatic nitrogens is 1. The normalized spacial score (nSPS) is 10.4. The Morgan fingerprint density at radius 3 is 2.45 bits per heavy atom. The SMILES string of the molecule is CCCCCCCCCCNc1cccnc1C(N)=S. The fourth-order valence-electron chi connectivity index (χ4n) is 2.23. The molecule has 0 amide bonds. The van der Waals surface area contributed by atoms with Gasteiger partial charge in [0.2, 0.25) is 0 Å². The van der Waals surface area contributed by atoms with Crippen LogP contribution in [-0.2, 0) is 0 Å². The van der Waals surface area contributed by atoms with Gasteiger partial charge in [-0.2, -0.15) is 0 Å². The molecule has 0 aliphatic heterocycles. The van der Waals surface area contributed by atoms with Crippen LogP contribution in [0.1, 0.15) is 64.0 Å². The van der Waals surface area contributed by atoms with Crippen LogP contribution in [-0.4, -0.2) is 16.5 Å². The number of rotatable bonds is 11. The van der Waals surface area contributed by atoms with Gasteiger partial charge in [-0.1, -0.05) is 64.1 Å². The third kappa shape index (κ3) is 6.85. The molecule has 1 heterocycles. The number of hydrogen-bond acceptors (Lipinski definition) is 3. The predicted octanol–water partition coefficient (Wildman–Crippen LogP) is 4.27. The Labute approximate surface area is 128 Å². The minimum absolute atomic E-state index is 0.351. The summed E-state index contributed by atoms with van der Waals surface area (Å²) >= 11 is 5.00. The van der Waals surface area contributed by atoms with Gasteiger partial charge in [0.15, 0.2) is 0 Å².